The molecule has 0 aliphatic rings. The van der Waals surface area contributed by atoms with Gasteiger partial charge in [0.05, 0.1) is 18.3 Å². The minimum atomic E-state index is -0.0612. The summed E-state index contributed by atoms with van der Waals surface area (Å²) in [7, 11) is 1.71. The molecule has 0 aromatic carbocycles. The fourth-order valence-corrected chi connectivity index (χ4v) is 1.73. The number of H-pyrrole nitrogens is 1. The van der Waals surface area contributed by atoms with Gasteiger partial charge in [-0.2, -0.15) is 5.10 Å². The molecule has 2 rings (SSSR count). The molecular formula is C8H9N5OS. The molecule has 15 heavy (non-hydrogen) atoms. The van der Waals surface area contributed by atoms with Crippen molar-refractivity contribution < 1.29 is 4.79 Å². The highest BCUT2D eigenvalue weighted by molar-refractivity contribution is 7.11. The summed E-state index contributed by atoms with van der Waals surface area (Å²) in [6, 6.07) is 0. The average molecular weight is 223 g/mol. The zero-order valence-electron chi connectivity index (χ0n) is 8.04. The van der Waals surface area contributed by atoms with Gasteiger partial charge in [0.2, 0.25) is 0 Å². The van der Waals surface area contributed by atoms with E-state index < -0.39 is 0 Å². The molecule has 78 valence electrons. The molecule has 0 aliphatic heterocycles. The Kier molecular flexibility index (Phi) is 2.72. The number of carbonyl (C=O) groups is 1. The predicted molar refractivity (Wildman–Crippen MR) is 54.3 cm³/mol. The smallest absolute Gasteiger partial charge is 0.265 e. The minimum absolute atomic E-state index is 0.0612. The number of hydrogen-bond donors (Lipinski definition) is 1. The van der Waals surface area contributed by atoms with Crippen molar-refractivity contribution in [1.82, 2.24) is 25.1 Å². The lowest BCUT2D eigenvalue weighted by Crippen LogP contribution is -2.25. The second kappa shape index (κ2) is 4.18. The molecule has 0 aliphatic carbocycles. The van der Waals surface area contributed by atoms with Gasteiger partial charge in [0.1, 0.15) is 17.0 Å². The fraction of sp³-hybridized carbons (Fsp3) is 0.250. The van der Waals surface area contributed by atoms with Gasteiger partial charge in [0.25, 0.3) is 5.91 Å². The maximum absolute atomic E-state index is 11.8. The number of hydrogen-bond acceptors (Lipinski definition) is 5. The molecule has 0 saturated heterocycles. The van der Waals surface area contributed by atoms with Crippen LogP contribution in [0.2, 0.25) is 0 Å². The zero-order chi connectivity index (χ0) is 10.7. The van der Waals surface area contributed by atoms with E-state index in [2.05, 4.69) is 20.2 Å². The quantitative estimate of drug-likeness (QED) is 0.823. The summed E-state index contributed by atoms with van der Waals surface area (Å²) in [5, 5.41) is 6.41. The lowest BCUT2D eigenvalue weighted by Gasteiger charge is -2.13. The van der Waals surface area contributed by atoms with E-state index in [-0.39, 0.29) is 5.91 Å². The third kappa shape index (κ3) is 2.18. The van der Waals surface area contributed by atoms with E-state index in [0.29, 0.717) is 17.2 Å². The summed E-state index contributed by atoms with van der Waals surface area (Å²) in [5.41, 5.74) is 1.63. The summed E-state index contributed by atoms with van der Waals surface area (Å²) in [6.07, 6.45) is 2.98. The van der Waals surface area contributed by atoms with Crippen LogP contribution in [0.1, 0.15) is 15.5 Å². The Labute approximate surface area is 90.0 Å². The van der Waals surface area contributed by atoms with Crippen LogP contribution in [0.15, 0.2) is 18.0 Å². The first-order valence-corrected chi connectivity index (χ1v) is 5.13. The molecule has 1 N–H and O–H groups in total. The van der Waals surface area contributed by atoms with Crippen LogP contribution in [-0.4, -0.2) is 38.0 Å². The Morgan fingerprint density at radius 1 is 1.67 bits per heavy atom. The van der Waals surface area contributed by atoms with Crippen LogP contribution in [0.5, 0.6) is 0 Å². The van der Waals surface area contributed by atoms with Crippen molar-refractivity contribution in [2.24, 2.45) is 0 Å². The van der Waals surface area contributed by atoms with E-state index in [9.17, 15) is 4.79 Å². The molecule has 0 bridgehead atoms. The van der Waals surface area contributed by atoms with Gasteiger partial charge in [0, 0.05) is 7.05 Å². The van der Waals surface area contributed by atoms with Crippen LogP contribution in [-0.2, 0) is 6.54 Å². The Hall–Kier alpha value is -1.76. The molecule has 0 radical (unpaired) electrons. The van der Waals surface area contributed by atoms with Crippen molar-refractivity contribution >= 4 is 17.2 Å². The SMILES string of the molecule is CN(Cc1ncn[nH]1)C(=O)c1cncs1. The molecule has 2 aromatic heterocycles. The first kappa shape index (κ1) is 9.78. The Balaban J connectivity index is 2.03. The number of nitrogens with zero attached hydrogens (tertiary/aromatic N) is 4. The first-order chi connectivity index (χ1) is 7.27. The molecule has 0 atom stereocenters. The van der Waals surface area contributed by atoms with Crippen molar-refractivity contribution in [2.75, 3.05) is 7.05 Å². The number of amides is 1. The zero-order valence-corrected chi connectivity index (χ0v) is 8.86. The Bertz CT molecular complexity index is 424. The molecule has 0 unspecified atom stereocenters. The van der Waals surface area contributed by atoms with Crippen molar-refractivity contribution in [3.05, 3.63) is 28.7 Å². The Morgan fingerprint density at radius 2 is 2.53 bits per heavy atom. The standard InChI is InChI=1S/C8H9N5OS/c1-13(3-7-10-4-11-12-7)8(14)6-2-9-5-15-6/h2,4-5H,3H2,1H3,(H,10,11,12). The van der Waals surface area contributed by atoms with Gasteiger partial charge in [-0.15, -0.1) is 11.3 Å². The number of rotatable bonds is 3. The lowest BCUT2D eigenvalue weighted by molar-refractivity contribution is 0.0786. The summed E-state index contributed by atoms with van der Waals surface area (Å²) in [4.78, 5) is 21.8. The van der Waals surface area contributed by atoms with Gasteiger partial charge in [-0.1, -0.05) is 0 Å². The van der Waals surface area contributed by atoms with Crippen LogP contribution in [0.25, 0.3) is 0 Å². The third-order valence-corrected chi connectivity index (χ3v) is 2.60. The van der Waals surface area contributed by atoms with Gasteiger partial charge in [0.15, 0.2) is 0 Å². The van der Waals surface area contributed by atoms with Gasteiger partial charge in [-0.3, -0.25) is 14.9 Å². The highest BCUT2D eigenvalue weighted by Gasteiger charge is 2.14. The highest BCUT2D eigenvalue weighted by atomic mass is 32.1. The summed E-state index contributed by atoms with van der Waals surface area (Å²) < 4.78 is 0. The van der Waals surface area contributed by atoms with Crippen LogP contribution in [0.4, 0.5) is 0 Å². The molecule has 2 aromatic rings. The molecular weight excluding hydrogens is 214 g/mol. The largest absolute Gasteiger partial charge is 0.333 e. The van der Waals surface area contributed by atoms with Crippen LogP contribution >= 0.6 is 11.3 Å². The lowest BCUT2D eigenvalue weighted by atomic mass is 10.4. The molecule has 1 amide bonds. The summed E-state index contributed by atoms with van der Waals surface area (Å²) in [5.74, 6) is 0.601. The highest BCUT2D eigenvalue weighted by Crippen LogP contribution is 2.09. The number of nitrogens with one attached hydrogen (secondary N) is 1. The maximum atomic E-state index is 11.8. The van der Waals surface area contributed by atoms with Crippen molar-refractivity contribution in [1.29, 1.82) is 0 Å². The van der Waals surface area contributed by atoms with Crippen LogP contribution in [0.3, 0.4) is 0 Å². The van der Waals surface area contributed by atoms with E-state index >= 15 is 0 Å². The topological polar surface area (TPSA) is 74.8 Å². The minimum Gasteiger partial charge on any atom is -0.333 e. The van der Waals surface area contributed by atoms with Crippen molar-refractivity contribution in [3.8, 4) is 0 Å². The molecule has 2 heterocycles. The molecule has 0 fully saturated rings. The fourth-order valence-electron chi connectivity index (χ4n) is 1.11. The number of carbonyl (C=O) groups excluding carboxylic acids is 1. The second-order valence-electron chi connectivity index (χ2n) is 2.96. The second-order valence-corrected chi connectivity index (χ2v) is 3.85. The van der Waals surface area contributed by atoms with Gasteiger partial charge < -0.3 is 4.90 Å². The van der Waals surface area contributed by atoms with Crippen LogP contribution < -0.4 is 0 Å². The van der Waals surface area contributed by atoms with E-state index in [4.69, 9.17) is 0 Å². The predicted octanol–water partition coefficient (Wildman–Crippen LogP) is 0.533. The van der Waals surface area contributed by atoms with Crippen LogP contribution in [0, 0.1) is 0 Å². The van der Waals surface area contributed by atoms with Crippen molar-refractivity contribution in [3.63, 3.8) is 0 Å². The van der Waals surface area contributed by atoms with Gasteiger partial charge >= 0.3 is 0 Å². The third-order valence-electron chi connectivity index (χ3n) is 1.84. The first-order valence-electron chi connectivity index (χ1n) is 4.25. The molecule has 0 spiro atoms. The van der Waals surface area contributed by atoms with E-state index in [1.165, 1.54) is 17.7 Å². The van der Waals surface area contributed by atoms with Gasteiger partial charge in [-0.25, -0.2) is 4.98 Å². The van der Waals surface area contributed by atoms with Gasteiger partial charge in [-0.05, 0) is 0 Å². The Morgan fingerprint density at radius 3 is 3.13 bits per heavy atom. The monoisotopic (exact) mass is 223 g/mol. The molecule has 7 heteroatoms. The van der Waals surface area contributed by atoms with E-state index in [1.807, 2.05) is 0 Å². The average Bonchev–Trinajstić information content (AvgIpc) is 2.88. The van der Waals surface area contributed by atoms with E-state index in [0.717, 1.165) is 0 Å². The number of aromatic amines is 1. The van der Waals surface area contributed by atoms with Crippen molar-refractivity contribution in [2.45, 2.75) is 6.54 Å². The maximum Gasteiger partial charge on any atom is 0.265 e. The molecule has 6 nitrogen and oxygen atoms in total. The normalized spacial score (nSPS) is 10.2. The summed E-state index contributed by atoms with van der Waals surface area (Å²) >= 11 is 1.32. The number of aromatic nitrogens is 4. The number of thiazole rings is 1. The molecule has 0 saturated carbocycles. The summed E-state index contributed by atoms with van der Waals surface area (Å²) in [6.45, 7) is 0.413. The van der Waals surface area contributed by atoms with E-state index in [1.54, 1.807) is 23.7 Å².